The molecule has 6 rings (SSSR count). The Morgan fingerprint density at radius 2 is 1.85 bits per heavy atom. The number of anilines is 2. The van der Waals surface area contributed by atoms with Crippen molar-refractivity contribution in [3.63, 3.8) is 0 Å². The first-order valence-corrected chi connectivity index (χ1v) is 11.7. The van der Waals surface area contributed by atoms with Crippen LogP contribution >= 0.6 is 0 Å². The molecule has 1 aromatic heterocycles. The lowest BCUT2D eigenvalue weighted by molar-refractivity contribution is 0.0736. The second-order valence-corrected chi connectivity index (χ2v) is 9.26. The van der Waals surface area contributed by atoms with Crippen LogP contribution in [-0.2, 0) is 5.41 Å². The van der Waals surface area contributed by atoms with Crippen molar-refractivity contribution in [1.29, 1.82) is 0 Å². The van der Waals surface area contributed by atoms with Gasteiger partial charge in [-0.3, -0.25) is 4.79 Å². The molecule has 0 unspecified atom stereocenters. The number of nitrogens with zero attached hydrogens (tertiary/aromatic N) is 4. The highest BCUT2D eigenvalue weighted by atomic mass is 19.1. The zero-order valence-corrected chi connectivity index (χ0v) is 19.1. The molecule has 2 aromatic carbocycles. The fraction of sp³-hybridized carbons (Fsp3) is 0.346. The number of nitrogens with one attached hydrogen (secondary N) is 1. The molecule has 174 valence electrons. The van der Waals surface area contributed by atoms with E-state index >= 15 is 0 Å². The summed E-state index contributed by atoms with van der Waals surface area (Å²) in [5, 5.41) is 3.29. The maximum Gasteiger partial charge on any atom is 0.254 e. The van der Waals surface area contributed by atoms with Gasteiger partial charge in [0.05, 0.1) is 7.11 Å². The number of ether oxygens (including phenoxy) is 1. The Morgan fingerprint density at radius 1 is 1.09 bits per heavy atom. The highest BCUT2D eigenvalue weighted by Gasteiger charge is 2.52. The SMILES string of the molecule is COc1ccc(F)c(-c2cnc(N3CC4(CC4)c4ccc(C(=O)N5CCNCC5)cc43)nc2)c1. The first kappa shape index (κ1) is 21.0. The fourth-order valence-corrected chi connectivity index (χ4v) is 5.07. The third-order valence-corrected chi connectivity index (χ3v) is 7.19. The van der Waals surface area contributed by atoms with E-state index in [1.165, 1.54) is 11.6 Å². The monoisotopic (exact) mass is 459 g/mol. The standard InChI is InChI=1S/C26H26FN5O2/c1-34-19-3-5-22(27)20(13-19)18-14-29-25(30-15-18)32-16-26(6-7-26)21-4-2-17(12-23(21)32)24(33)31-10-8-28-9-11-31/h2-5,12-15,28H,6-11,16H2,1H3. The van der Waals surface area contributed by atoms with Gasteiger partial charge in [0.25, 0.3) is 5.91 Å². The summed E-state index contributed by atoms with van der Waals surface area (Å²) in [5.41, 5.74) is 4.05. The third-order valence-electron chi connectivity index (χ3n) is 7.19. The number of hydrogen-bond acceptors (Lipinski definition) is 6. The largest absolute Gasteiger partial charge is 0.497 e. The van der Waals surface area contributed by atoms with Crippen LogP contribution in [0.4, 0.5) is 16.0 Å². The van der Waals surface area contributed by atoms with Crippen molar-refractivity contribution in [2.24, 2.45) is 0 Å². The highest BCUT2D eigenvalue weighted by Crippen LogP contribution is 2.57. The van der Waals surface area contributed by atoms with E-state index in [9.17, 15) is 9.18 Å². The van der Waals surface area contributed by atoms with Gasteiger partial charge in [-0.2, -0.15) is 0 Å². The van der Waals surface area contributed by atoms with Gasteiger partial charge >= 0.3 is 0 Å². The Labute approximate surface area is 197 Å². The van der Waals surface area contributed by atoms with Crippen LogP contribution in [0, 0.1) is 5.82 Å². The molecule has 0 atom stereocenters. The average Bonchev–Trinajstić information content (AvgIpc) is 3.60. The predicted molar refractivity (Wildman–Crippen MR) is 127 cm³/mol. The smallest absolute Gasteiger partial charge is 0.254 e. The molecule has 0 bridgehead atoms. The molecule has 2 fully saturated rings. The molecule has 1 spiro atoms. The van der Waals surface area contributed by atoms with E-state index in [0.29, 0.717) is 28.4 Å². The number of rotatable bonds is 4. The van der Waals surface area contributed by atoms with Gasteiger partial charge in [-0.05, 0) is 48.7 Å². The fourth-order valence-electron chi connectivity index (χ4n) is 5.07. The summed E-state index contributed by atoms with van der Waals surface area (Å²) in [6.07, 6.45) is 5.53. The van der Waals surface area contributed by atoms with Crippen molar-refractivity contribution in [1.82, 2.24) is 20.2 Å². The Kier molecular flexibility index (Phi) is 4.99. The summed E-state index contributed by atoms with van der Waals surface area (Å²) < 4.78 is 19.6. The first-order chi connectivity index (χ1) is 16.6. The molecule has 1 saturated heterocycles. The zero-order valence-electron chi connectivity index (χ0n) is 19.1. The average molecular weight is 460 g/mol. The molecular formula is C26H26FN5O2. The summed E-state index contributed by atoms with van der Waals surface area (Å²) in [6.45, 7) is 3.87. The molecule has 3 aromatic rings. The van der Waals surface area contributed by atoms with E-state index in [2.05, 4.69) is 26.3 Å². The number of amides is 1. The van der Waals surface area contributed by atoms with Crippen molar-refractivity contribution in [3.8, 4) is 16.9 Å². The van der Waals surface area contributed by atoms with Gasteiger partial charge in [0, 0.05) is 72.9 Å². The normalized spacial score (nSPS) is 18.2. The van der Waals surface area contributed by atoms with Crippen molar-refractivity contribution >= 4 is 17.5 Å². The minimum atomic E-state index is -0.350. The second kappa shape index (κ2) is 8.06. The number of hydrogen-bond donors (Lipinski definition) is 1. The minimum Gasteiger partial charge on any atom is -0.497 e. The van der Waals surface area contributed by atoms with E-state index in [0.717, 1.165) is 51.3 Å². The molecule has 3 heterocycles. The highest BCUT2D eigenvalue weighted by molar-refractivity contribution is 5.96. The molecule has 7 nitrogen and oxygen atoms in total. The molecular weight excluding hydrogens is 433 g/mol. The molecule has 8 heteroatoms. The maximum atomic E-state index is 14.4. The zero-order chi connectivity index (χ0) is 23.3. The van der Waals surface area contributed by atoms with Crippen LogP contribution in [0.5, 0.6) is 5.75 Å². The Balaban J connectivity index is 1.32. The molecule has 1 saturated carbocycles. The summed E-state index contributed by atoms with van der Waals surface area (Å²) in [7, 11) is 1.55. The number of piperazine rings is 1. The van der Waals surface area contributed by atoms with Gasteiger partial charge in [0.1, 0.15) is 11.6 Å². The summed E-state index contributed by atoms with van der Waals surface area (Å²) in [6, 6.07) is 10.7. The van der Waals surface area contributed by atoms with Crippen LogP contribution in [0.25, 0.3) is 11.1 Å². The maximum absolute atomic E-state index is 14.4. The van der Waals surface area contributed by atoms with Crippen LogP contribution in [0.2, 0.25) is 0 Å². The minimum absolute atomic E-state index is 0.0609. The van der Waals surface area contributed by atoms with Crippen molar-refractivity contribution in [3.05, 3.63) is 65.7 Å². The molecule has 34 heavy (non-hydrogen) atoms. The topological polar surface area (TPSA) is 70.6 Å². The number of carbonyl (C=O) groups excluding carboxylic acids is 1. The number of fused-ring (bicyclic) bond motifs is 2. The van der Waals surface area contributed by atoms with E-state index in [-0.39, 0.29) is 17.1 Å². The van der Waals surface area contributed by atoms with Crippen molar-refractivity contribution in [2.75, 3.05) is 44.7 Å². The third kappa shape index (κ3) is 3.49. The van der Waals surface area contributed by atoms with Crippen LogP contribution in [0.3, 0.4) is 0 Å². The number of benzene rings is 2. The van der Waals surface area contributed by atoms with Gasteiger partial charge in [-0.1, -0.05) is 6.07 Å². The lowest BCUT2D eigenvalue weighted by Crippen LogP contribution is -2.46. The van der Waals surface area contributed by atoms with Gasteiger partial charge in [-0.15, -0.1) is 0 Å². The van der Waals surface area contributed by atoms with Gasteiger partial charge in [0.2, 0.25) is 5.95 Å². The van der Waals surface area contributed by atoms with Crippen LogP contribution in [-0.4, -0.2) is 60.6 Å². The number of halogens is 1. The molecule has 0 radical (unpaired) electrons. The van der Waals surface area contributed by atoms with Crippen molar-refractivity contribution in [2.45, 2.75) is 18.3 Å². The number of methoxy groups -OCH3 is 1. The van der Waals surface area contributed by atoms with Crippen LogP contribution in [0.1, 0.15) is 28.8 Å². The summed E-state index contributed by atoms with van der Waals surface area (Å²) in [4.78, 5) is 26.3. The summed E-state index contributed by atoms with van der Waals surface area (Å²) >= 11 is 0. The lowest BCUT2D eigenvalue weighted by atomic mass is 9.97. The molecule has 3 aliphatic rings. The van der Waals surface area contributed by atoms with Gasteiger partial charge in [-0.25, -0.2) is 14.4 Å². The Bertz CT molecular complexity index is 1250. The molecule has 1 N–H and O–H groups in total. The number of carbonyl (C=O) groups is 1. The van der Waals surface area contributed by atoms with E-state index in [1.807, 2.05) is 17.0 Å². The molecule has 1 aliphatic carbocycles. The lowest BCUT2D eigenvalue weighted by Gasteiger charge is -2.27. The Hall–Kier alpha value is -3.52. The number of aromatic nitrogens is 2. The van der Waals surface area contributed by atoms with E-state index in [1.54, 1.807) is 31.6 Å². The first-order valence-electron chi connectivity index (χ1n) is 11.7. The predicted octanol–water partition coefficient (Wildman–Crippen LogP) is 3.52. The van der Waals surface area contributed by atoms with E-state index < -0.39 is 0 Å². The van der Waals surface area contributed by atoms with Crippen LogP contribution < -0.4 is 15.0 Å². The van der Waals surface area contributed by atoms with Crippen molar-refractivity contribution < 1.29 is 13.9 Å². The second-order valence-electron chi connectivity index (χ2n) is 9.26. The van der Waals surface area contributed by atoms with E-state index in [4.69, 9.17) is 4.74 Å². The van der Waals surface area contributed by atoms with Gasteiger partial charge in [0.15, 0.2) is 0 Å². The summed E-state index contributed by atoms with van der Waals surface area (Å²) in [5.74, 6) is 0.845. The molecule has 1 amide bonds. The van der Waals surface area contributed by atoms with Crippen LogP contribution in [0.15, 0.2) is 48.8 Å². The molecule has 2 aliphatic heterocycles. The Morgan fingerprint density at radius 3 is 2.56 bits per heavy atom. The quantitative estimate of drug-likeness (QED) is 0.644. The van der Waals surface area contributed by atoms with Gasteiger partial charge < -0.3 is 19.9 Å².